The Hall–Kier alpha value is -2.15. The van der Waals surface area contributed by atoms with Crippen molar-refractivity contribution >= 4 is 11.9 Å². The molecule has 0 saturated carbocycles. The molecule has 0 radical (unpaired) electrons. The first-order valence-corrected chi connectivity index (χ1v) is 7.19. The Labute approximate surface area is 120 Å². The number of hydrogen-bond donors (Lipinski definition) is 0. The summed E-state index contributed by atoms with van der Waals surface area (Å²) in [6.45, 7) is 0. The van der Waals surface area contributed by atoms with Crippen molar-refractivity contribution < 1.29 is 4.79 Å². The van der Waals surface area contributed by atoms with E-state index in [9.17, 15) is 4.79 Å². The first-order chi connectivity index (χ1) is 9.83. The number of benzene rings is 2. The highest BCUT2D eigenvalue weighted by atomic mass is 16.1. The quantitative estimate of drug-likeness (QED) is 0.727. The van der Waals surface area contributed by atoms with Gasteiger partial charge in [0.1, 0.15) is 0 Å². The molecule has 0 aliphatic heterocycles. The maximum absolute atomic E-state index is 12.2. The summed E-state index contributed by atoms with van der Waals surface area (Å²) in [7, 11) is 0. The number of carbonyl (C=O) groups is 1. The van der Waals surface area contributed by atoms with E-state index in [0.717, 1.165) is 24.8 Å². The molecule has 0 N–H and O–H groups in total. The van der Waals surface area contributed by atoms with Crippen LogP contribution in [0.4, 0.5) is 0 Å². The first-order valence-electron chi connectivity index (χ1n) is 7.19. The van der Waals surface area contributed by atoms with Crippen LogP contribution < -0.4 is 0 Å². The topological polar surface area (TPSA) is 17.1 Å². The predicted octanol–water partition coefficient (Wildman–Crippen LogP) is 4.46. The molecule has 2 aromatic carbocycles. The smallest absolute Gasteiger partial charge is 0.162 e. The van der Waals surface area contributed by atoms with Crippen molar-refractivity contribution in [2.45, 2.75) is 25.7 Å². The van der Waals surface area contributed by atoms with Crippen molar-refractivity contribution in [3.63, 3.8) is 0 Å². The van der Waals surface area contributed by atoms with E-state index in [0.29, 0.717) is 6.42 Å². The van der Waals surface area contributed by atoms with Crippen LogP contribution in [0.1, 0.15) is 39.9 Å². The number of hydrogen-bond acceptors (Lipinski definition) is 1. The summed E-state index contributed by atoms with van der Waals surface area (Å²) < 4.78 is 0. The van der Waals surface area contributed by atoms with E-state index in [-0.39, 0.29) is 5.78 Å². The van der Waals surface area contributed by atoms with Gasteiger partial charge in [0.05, 0.1) is 0 Å². The van der Waals surface area contributed by atoms with Gasteiger partial charge < -0.3 is 0 Å². The highest BCUT2D eigenvalue weighted by molar-refractivity contribution is 5.96. The van der Waals surface area contributed by atoms with Gasteiger partial charge >= 0.3 is 0 Å². The van der Waals surface area contributed by atoms with Crippen LogP contribution in [0, 0.1) is 0 Å². The van der Waals surface area contributed by atoms with Gasteiger partial charge in [-0.2, -0.15) is 0 Å². The van der Waals surface area contributed by atoms with Crippen LogP contribution in [0.25, 0.3) is 6.08 Å². The molecule has 100 valence electrons. The van der Waals surface area contributed by atoms with E-state index in [4.69, 9.17) is 0 Å². The van der Waals surface area contributed by atoms with Crippen LogP contribution in [0.15, 0.2) is 54.6 Å². The van der Waals surface area contributed by atoms with E-state index in [1.807, 2.05) is 30.3 Å². The molecule has 0 saturated heterocycles. The van der Waals surface area contributed by atoms with Crippen LogP contribution in [0.3, 0.4) is 0 Å². The molecule has 2 aromatic rings. The van der Waals surface area contributed by atoms with Gasteiger partial charge in [-0.25, -0.2) is 0 Å². The highest BCUT2D eigenvalue weighted by Gasteiger charge is 2.10. The van der Waals surface area contributed by atoms with Gasteiger partial charge in [-0.3, -0.25) is 4.79 Å². The number of carbonyl (C=O) groups excluding carboxylic acids is 1. The molecule has 0 spiro atoms. The molecule has 20 heavy (non-hydrogen) atoms. The number of aryl methyl sites for hydroxylation is 1. The zero-order valence-electron chi connectivity index (χ0n) is 11.5. The fourth-order valence-corrected chi connectivity index (χ4v) is 2.66. The van der Waals surface area contributed by atoms with Crippen LogP contribution >= 0.6 is 0 Å². The fourth-order valence-electron chi connectivity index (χ4n) is 2.66. The minimum atomic E-state index is 0.254. The summed E-state index contributed by atoms with van der Waals surface area (Å²) in [4.78, 5) is 12.2. The molecule has 3 rings (SSSR count). The minimum Gasteiger partial charge on any atom is -0.294 e. The van der Waals surface area contributed by atoms with E-state index in [2.05, 4.69) is 30.4 Å². The second kappa shape index (κ2) is 5.87. The zero-order chi connectivity index (χ0) is 13.8. The zero-order valence-corrected chi connectivity index (χ0v) is 11.5. The van der Waals surface area contributed by atoms with E-state index >= 15 is 0 Å². The van der Waals surface area contributed by atoms with Crippen molar-refractivity contribution in [2.75, 3.05) is 0 Å². The van der Waals surface area contributed by atoms with Crippen LogP contribution in [0.2, 0.25) is 0 Å². The molecule has 1 aliphatic rings. The highest BCUT2D eigenvalue weighted by Crippen LogP contribution is 2.21. The Balaban J connectivity index is 1.58. The van der Waals surface area contributed by atoms with Gasteiger partial charge in [0.15, 0.2) is 5.78 Å². The van der Waals surface area contributed by atoms with Crippen molar-refractivity contribution in [3.8, 4) is 0 Å². The molecule has 0 heterocycles. The molecule has 0 amide bonds. The largest absolute Gasteiger partial charge is 0.294 e. The second-order valence-corrected chi connectivity index (χ2v) is 5.28. The summed E-state index contributed by atoms with van der Waals surface area (Å²) in [6, 6.07) is 16.4. The Morgan fingerprint density at radius 2 is 1.90 bits per heavy atom. The second-order valence-electron chi connectivity index (χ2n) is 5.28. The monoisotopic (exact) mass is 262 g/mol. The first kappa shape index (κ1) is 12.9. The molecule has 0 aromatic heterocycles. The third-order valence-electron chi connectivity index (χ3n) is 3.82. The average molecular weight is 262 g/mol. The molecule has 0 unspecified atom stereocenters. The maximum atomic E-state index is 12.2. The molecule has 0 bridgehead atoms. The van der Waals surface area contributed by atoms with Crippen LogP contribution in [0.5, 0.6) is 0 Å². The van der Waals surface area contributed by atoms with E-state index in [1.54, 1.807) is 0 Å². The SMILES string of the molecule is O=C(CCCc1ccccc1)c1ccc2c(c1)C=CC2. The Morgan fingerprint density at radius 3 is 2.75 bits per heavy atom. The van der Waals surface area contributed by atoms with Gasteiger partial charge in [-0.15, -0.1) is 0 Å². The molecule has 1 aliphatic carbocycles. The molecular formula is C19H18O. The lowest BCUT2D eigenvalue weighted by Crippen LogP contribution is -2.01. The normalized spacial score (nSPS) is 12.4. The summed E-state index contributed by atoms with van der Waals surface area (Å²) in [5, 5.41) is 0. The molecule has 1 heteroatoms. The van der Waals surface area contributed by atoms with Crippen molar-refractivity contribution in [1.29, 1.82) is 0 Å². The average Bonchev–Trinajstić information content (AvgIpc) is 2.95. The summed E-state index contributed by atoms with van der Waals surface area (Å²) >= 11 is 0. The third kappa shape index (κ3) is 2.88. The van der Waals surface area contributed by atoms with Crippen LogP contribution in [-0.4, -0.2) is 5.78 Å². The lowest BCUT2D eigenvalue weighted by molar-refractivity contribution is 0.0980. The molecular weight excluding hydrogens is 244 g/mol. The van der Waals surface area contributed by atoms with Crippen LogP contribution in [-0.2, 0) is 12.8 Å². The van der Waals surface area contributed by atoms with Gasteiger partial charge in [0.2, 0.25) is 0 Å². The summed E-state index contributed by atoms with van der Waals surface area (Å²) in [5.41, 5.74) is 4.69. The molecule has 1 nitrogen and oxygen atoms in total. The molecule has 0 fully saturated rings. The Bertz CT molecular complexity index is 638. The number of fused-ring (bicyclic) bond motifs is 1. The predicted molar refractivity (Wildman–Crippen MR) is 82.9 cm³/mol. The fraction of sp³-hybridized carbons (Fsp3) is 0.211. The van der Waals surface area contributed by atoms with Crippen molar-refractivity contribution in [3.05, 3.63) is 76.9 Å². The summed E-state index contributed by atoms with van der Waals surface area (Å²) in [5.74, 6) is 0.254. The Morgan fingerprint density at radius 1 is 1.05 bits per heavy atom. The number of rotatable bonds is 5. The number of ketones is 1. The minimum absolute atomic E-state index is 0.254. The number of Topliss-reactive ketones (excluding diaryl/α,β-unsaturated/α-hetero) is 1. The summed E-state index contributed by atoms with van der Waals surface area (Å²) in [6.07, 6.45) is 7.76. The van der Waals surface area contributed by atoms with Gasteiger partial charge in [-0.05, 0) is 42.0 Å². The number of allylic oxidation sites excluding steroid dienone is 1. The van der Waals surface area contributed by atoms with E-state index < -0.39 is 0 Å². The van der Waals surface area contributed by atoms with Gasteiger partial charge in [0, 0.05) is 12.0 Å². The van der Waals surface area contributed by atoms with Gasteiger partial charge in [0.25, 0.3) is 0 Å². The lowest BCUT2D eigenvalue weighted by Gasteiger charge is -2.04. The third-order valence-corrected chi connectivity index (χ3v) is 3.82. The van der Waals surface area contributed by atoms with E-state index in [1.165, 1.54) is 16.7 Å². The van der Waals surface area contributed by atoms with Gasteiger partial charge in [-0.1, -0.05) is 54.6 Å². The Kier molecular flexibility index (Phi) is 3.78. The van der Waals surface area contributed by atoms with Crippen molar-refractivity contribution in [2.24, 2.45) is 0 Å². The molecule has 0 atom stereocenters. The van der Waals surface area contributed by atoms with Crippen molar-refractivity contribution in [1.82, 2.24) is 0 Å². The standard InChI is InChI=1S/C19H18O/c20-19(11-4-8-15-6-2-1-3-7-15)18-13-12-16-9-5-10-17(16)14-18/h1-3,5-7,10,12-14H,4,8-9,11H2. The maximum Gasteiger partial charge on any atom is 0.162 e. The lowest BCUT2D eigenvalue weighted by atomic mass is 9.99.